The number of nitrogens with two attached hydrogens (primary N) is 1. The average molecular weight is 240 g/mol. The molecule has 0 spiro atoms. The topological polar surface area (TPSA) is 64.3 Å². The van der Waals surface area contributed by atoms with Crippen LogP contribution in [0.5, 0.6) is 0 Å². The van der Waals surface area contributed by atoms with Crippen molar-refractivity contribution in [1.82, 2.24) is 5.32 Å². The van der Waals surface area contributed by atoms with E-state index in [0.29, 0.717) is 5.92 Å². The SMILES string of the molecule is CC1CC(C(=O)NC2CCOC2C)CCC1N. The van der Waals surface area contributed by atoms with Crippen LogP contribution in [-0.2, 0) is 9.53 Å². The standard InChI is InChI=1S/C13H24N2O2/c1-8-7-10(3-4-11(8)14)13(16)15-12-5-6-17-9(12)2/h8-12H,3-7,14H2,1-2H3,(H,15,16). The maximum atomic E-state index is 12.1. The molecular weight excluding hydrogens is 216 g/mol. The van der Waals surface area contributed by atoms with Crippen LogP contribution >= 0.6 is 0 Å². The molecule has 1 aliphatic heterocycles. The van der Waals surface area contributed by atoms with Crippen LogP contribution in [0.25, 0.3) is 0 Å². The maximum absolute atomic E-state index is 12.1. The van der Waals surface area contributed by atoms with Crippen molar-refractivity contribution >= 4 is 5.91 Å². The number of amides is 1. The molecule has 4 nitrogen and oxygen atoms in total. The number of hydrogen-bond acceptors (Lipinski definition) is 3. The Kier molecular flexibility index (Phi) is 4.05. The van der Waals surface area contributed by atoms with Crippen LogP contribution in [-0.4, -0.2) is 30.7 Å². The second-order valence-electron chi connectivity index (χ2n) is 5.63. The van der Waals surface area contributed by atoms with Crippen molar-refractivity contribution in [3.05, 3.63) is 0 Å². The summed E-state index contributed by atoms with van der Waals surface area (Å²) in [5.74, 6) is 0.806. The molecule has 0 aromatic heterocycles. The summed E-state index contributed by atoms with van der Waals surface area (Å²) in [7, 11) is 0. The van der Waals surface area contributed by atoms with Crippen LogP contribution < -0.4 is 11.1 Å². The first kappa shape index (κ1) is 12.8. The van der Waals surface area contributed by atoms with E-state index in [4.69, 9.17) is 10.5 Å². The molecule has 2 aliphatic rings. The zero-order chi connectivity index (χ0) is 12.4. The van der Waals surface area contributed by atoms with Crippen molar-refractivity contribution in [2.75, 3.05) is 6.61 Å². The first-order valence-electron chi connectivity index (χ1n) is 6.75. The lowest BCUT2D eigenvalue weighted by molar-refractivity contribution is -0.127. The second-order valence-corrected chi connectivity index (χ2v) is 5.63. The quantitative estimate of drug-likeness (QED) is 0.758. The fourth-order valence-corrected chi connectivity index (χ4v) is 2.88. The van der Waals surface area contributed by atoms with Crippen molar-refractivity contribution in [2.45, 2.75) is 57.7 Å². The van der Waals surface area contributed by atoms with Crippen molar-refractivity contribution in [2.24, 2.45) is 17.6 Å². The number of carbonyl (C=O) groups excluding carboxylic acids is 1. The van der Waals surface area contributed by atoms with Crippen molar-refractivity contribution < 1.29 is 9.53 Å². The Morgan fingerprint density at radius 2 is 2.06 bits per heavy atom. The number of carbonyl (C=O) groups is 1. The fourth-order valence-electron chi connectivity index (χ4n) is 2.88. The number of rotatable bonds is 2. The molecule has 2 rings (SSSR count). The molecule has 5 atom stereocenters. The van der Waals surface area contributed by atoms with Crippen LogP contribution in [0.2, 0.25) is 0 Å². The molecule has 1 saturated heterocycles. The lowest BCUT2D eigenvalue weighted by Crippen LogP contribution is -2.45. The van der Waals surface area contributed by atoms with E-state index in [-0.39, 0.29) is 30.0 Å². The van der Waals surface area contributed by atoms with Crippen LogP contribution in [0.3, 0.4) is 0 Å². The van der Waals surface area contributed by atoms with Gasteiger partial charge in [0.15, 0.2) is 0 Å². The summed E-state index contributed by atoms with van der Waals surface area (Å²) < 4.78 is 5.46. The van der Waals surface area contributed by atoms with Crippen molar-refractivity contribution in [1.29, 1.82) is 0 Å². The summed E-state index contributed by atoms with van der Waals surface area (Å²) in [5.41, 5.74) is 5.97. The third-order valence-electron chi connectivity index (χ3n) is 4.31. The summed E-state index contributed by atoms with van der Waals surface area (Å²) in [6.45, 7) is 4.93. The van der Waals surface area contributed by atoms with E-state index in [1.54, 1.807) is 0 Å². The van der Waals surface area contributed by atoms with Gasteiger partial charge in [0.1, 0.15) is 0 Å². The van der Waals surface area contributed by atoms with E-state index in [2.05, 4.69) is 12.2 Å². The predicted octanol–water partition coefficient (Wildman–Crippen LogP) is 1.04. The minimum Gasteiger partial charge on any atom is -0.376 e. The molecule has 3 N–H and O–H groups in total. The molecule has 5 unspecified atom stereocenters. The second kappa shape index (κ2) is 5.36. The number of ether oxygens (including phenoxy) is 1. The van der Waals surface area contributed by atoms with Crippen LogP contribution in [0.4, 0.5) is 0 Å². The zero-order valence-electron chi connectivity index (χ0n) is 10.8. The normalized spacial score (nSPS) is 42.4. The highest BCUT2D eigenvalue weighted by Gasteiger charge is 2.32. The Balaban J connectivity index is 1.83. The molecule has 0 radical (unpaired) electrons. The molecular formula is C13H24N2O2. The van der Waals surface area contributed by atoms with Gasteiger partial charge >= 0.3 is 0 Å². The van der Waals surface area contributed by atoms with E-state index in [9.17, 15) is 4.79 Å². The zero-order valence-corrected chi connectivity index (χ0v) is 10.8. The van der Waals surface area contributed by atoms with Crippen molar-refractivity contribution in [3.63, 3.8) is 0 Å². The van der Waals surface area contributed by atoms with Gasteiger partial charge in [-0.25, -0.2) is 0 Å². The molecule has 98 valence electrons. The minimum atomic E-state index is 0.151. The van der Waals surface area contributed by atoms with Gasteiger partial charge < -0.3 is 15.8 Å². The van der Waals surface area contributed by atoms with Crippen molar-refractivity contribution in [3.8, 4) is 0 Å². The van der Waals surface area contributed by atoms with Crippen LogP contribution in [0.15, 0.2) is 0 Å². The fraction of sp³-hybridized carbons (Fsp3) is 0.923. The number of hydrogen-bond donors (Lipinski definition) is 2. The third-order valence-corrected chi connectivity index (χ3v) is 4.31. The van der Waals surface area contributed by atoms with Gasteiger partial charge in [0, 0.05) is 18.6 Å². The Morgan fingerprint density at radius 3 is 2.65 bits per heavy atom. The van der Waals surface area contributed by atoms with E-state index < -0.39 is 0 Å². The Bertz CT molecular complexity index is 283. The van der Waals surface area contributed by atoms with Gasteiger partial charge in [0.05, 0.1) is 12.1 Å². The highest BCUT2D eigenvalue weighted by atomic mass is 16.5. The largest absolute Gasteiger partial charge is 0.376 e. The molecule has 1 heterocycles. The monoisotopic (exact) mass is 240 g/mol. The highest BCUT2D eigenvalue weighted by Crippen LogP contribution is 2.28. The summed E-state index contributed by atoms with van der Waals surface area (Å²) in [6.07, 6.45) is 3.92. The highest BCUT2D eigenvalue weighted by molar-refractivity contribution is 5.79. The van der Waals surface area contributed by atoms with E-state index >= 15 is 0 Å². The van der Waals surface area contributed by atoms with Gasteiger partial charge in [0.25, 0.3) is 0 Å². The minimum absolute atomic E-state index is 0.151. The van der Waals surface area contributed by atoms with Gasteiger partial charge in [-0.1, -0.05) is 6.92 Å². The maximum Gasteiger partial charge on any atom is 0.223 e. The summed E-state index contributed by atoms with van der Waals surface area (Å²) >= 11 is 0. The Morgan fingerprint density at radius 1 is 1.29 bits per heavy atom. The smallest absolute Gasteiger partial charge is 0.223 e. The Labute approximate surface area is 103 Å². The molecule has 4 heteroatoms. The van der Waals surface area contributed by atoms with Gasteiger partial charge in [-0.2, -0.15) is 0 Å². The molecule has 1 saturated carbocycles. The first-order chi connectivity index (χ1) is 8.08. The number of nitrogens with one attached hydrogen (secondary N) is 1. The summed E-state index contributed by atoms with van der Waals surface area (Å²) in [5, 5.41) is 3.13. The van der Waals surface area contributed by atoms with Gasteiger partial charge in [0.2, 0.25) is 5.91 Å². The lowest BCUT2D eigenvalue weighted by atomic mass is 9.79. The molecule has 0 aromatic carbocycles. The average Bonchev–Trinajstić information content (AvgIpc) is 2.68. The van der Waals surface area contributed by atoms with E-state index in [0.717, 1.165) is 32.3 Å². The van der Waals surface area contributed by atoms with Crippen LogP contribution in [0.1, 0.15) is 39.5 Å². The van der Waals surface area contributed by atoms with E-state index in [1.807, 2.05) is 6.92 Å². The molecule has 1 amide bonds. The summed E-state index contributed by atoms with van der Waals surface area (Å²) in [4.78, 5) is 12.1. The van der Waals surface area contributed by atoms with E-state index in [1.165, 1.54) is 0 Å². The Hall–Kier alpha value is -0.610. The molecule has 0 aromatic rings. The first-order valence-corrected chi connectivity index (χ1v) is 6.75. The van der Waals surface area contributed by atoms with Crippen LogP contribution in [0, 0.1) is 11.8 Å². The van der Waals surface area contributed by atoms with Gasteiger partial charge in [-0.15, -0.1) is 0 Å². The summed E-state index contributed by atoms with van der Waals surface area (Å²) in [6, 6.07) is 0.473. The molecule has 0 bridgehead atoms. The third kappa shape index (κ3) is 2.99. The lowest BCUT2D eigenvalue weighted by Gasteiger charge is -2.32. The molecule has 2 fully saturated rings. The van der Waals surface area contributed by atoms with Gasteiger partial charge in [-0.3, -0.25) is 4.79 Å². The molecule has 17 heavy (non-hydrogen) atoms. The van der Waals surface area contributed by atoms with Gasteiger partial charge in [-0.05, 0) is 38.5 Å². The predicted molar refractivity (Wildman–Crippen MR) is 66.4 cm³/mol. The molecule has 1 aliphatic carbocycles.